The Balaban J connectivity index is 1.89. The SMILES string of the molecule is COc1cc(NC2C3(C)CCC(C3)C2(C)C)nc(C)n1. The summed E-state index contributed by atoms with van der Waals surface area (Å²) in [5, 5.41) is 3.69. The lowest BCUT2D eigenvalue weighted by Gasteiger charge is -2.43. The molecule has 1 heterocycles. The predicted molar refractivity (Wildman–Crippen MR) is 80.0 cm³/mol. The van der Waals surface area contributed by atoms with E-state index >= 15 is 0 Å². The van der Waals surface area contributed by atoms with Gasteiger partial charge in [-0.05, 0) is 42.9 Å². The average molecular weight is 275 g/mol. The molecule has 3 atom stereocenters. The van der Waals surface area contributed by atoms with Crippen LogP contribution in [-0.2, 0) is 0 Å². The summed E-state index contributed by atoms with van der Waals surface area (Å²) < 4.78 is 5.25. The summed E-state index contributed by atoms with van der Waals surface area (Å²) in [6, 6.07) is 2.37. The van der Waals surface area contributed by atoms with Gasteiger partial charge in [0.25, 0.3) is 0 Å². The fourth-order valence-electron chi connectivity index (χ4n) is 4.53. The van der Waals surface area contributed by atoms with Crippen LogP contribution in [0.4, 0.5) is 5.82 Å². The van der Waals surface area contributed by atoms with Crippen molar-refractivity contribution in [3.8, 4) is 5.88 Å². The van der Waals surface area contributed by atoms with E-state index in [9.17, 15) is 0 Å². The minimum atomic E-state index is 0.319. The van der Waals surface area contributed by atoms with Crippen molar-refractivity contribution in [3.63, 3.8) is 0 Å². The summed E-state index contributed by atoms with van der Waals surface area (Å²) in [4.78, 5) is 8.78. The molecule has 2 aliphatic carbocycles. The second-order valence-electron chi connectivity index (χ2n) is 7.34. The summed E-state index contributed by atoms with van der Waals surface area (Å²) in [6.45, 7) is 9.11. The average Bonchev–Trinajstić information content (AvgIpc) is 2.85. The first-order valence-corrected chi connectivity index (χ1v) is 7.51. The van der Waals surface area contributed by atoms with Gasteiger partial charge in [-0.1, -0.05) is 20.8 Å². The predicted octanol–water partition coefficient (Wildman–Crippen LogP) is 3.42. The number of methoxy groups -OCH3 is 1. The van der Waals surface area contributed by atoms with E-state index in [4.69, 9.17) is 4.74 Å². The second-order valence-corrected chi connectivity index (χ2v) is 7.34. The van der Waals surface area contributed by atoms with Crippen LogP contribution in [0.3, 0.4) is 0 Å². The summed E-state index contributed by atoms with van der Waals surface area (Å²) >= 11 is 0. The monoisotopic (exact) mass is 275 g/mol. The normalized spacial score (nSPS) is 34.2. The Hall–Kier alpha value is -1.32. The Bertz CT molecular complexity index is 524. The molecule has 110 valence electrons. The molecule has 2 bridgehead atoms. The zero-order valence-corrected chi connectivity index (χ0v) is 13.2. The quantitative estimate of drug-likeness (QED) is 0.918. The molecular formula is C16H25N3O. The van der Waals surface area contributed by atoms with Crippen molar-refractivity contribution in [1.82, 2.24) is 9.97 Å². The number of ether oxygens (including phenoxy) is 1. The van der Waals surface area contributed by atoms with E-state index in [0.717, 1.165) is 17.6 Å². The maximum Gasteiger partial charge on any atom is 0.218 e. The summed E-state index contributed by atoms with van der Waals surface area (Å²) in [5.41, 5.74) is 0.708. The molecule has 0 aliphatic heterocycles. The molecule has 1 aromatic heterocycles. The third-order valence-electron chi connectivity index (χ3n) is 5.59. The molecule has 3 rings (SSSR count). The van der Waals surface area contributed by atoms with Crippen molar-refractivity contribution in [2.45, 2.75) is 53.0 Å². The van der Waals surface area contributed by atoms with Crippen LogP contribution >= 0.6 is 0 Å². The number of fused-ring (bicyclic) bond motifs is 2. The van der Waals surface area contributed by atoms with Gasteiger partial charge < -0.3 is 10.1 Å². The summed E-state index contributed by atoms with van der Waals surface area (Å²) in [5.74, 6) is 3.10. The highest BCUT2D eigenvalue weighted by molar-refractivity contribution is 5.41. The number of aryl methyl sites for hydroxylation is 1. The van der Waals surface area contributed by atoms with Gasteiger partial charge in [0, 0.05) is 12.1 Å². The van der Waals surface area contributed by atoms with Crippen molar-refractivity contribution < 1.29 is 4.74 Å². The minimum absolute atomic E-state index is 0.319. The van der Waals surface area contributed by atoms with Gasteiger partial charge in [-0.25, -0.2) is 4.98 Å². The first-order chi connectivity index (χ1) is 9.35. The van der Waals surface area contributed by atoms with E-state index in [2.05, 4.69) is 36.1 Å². The Kier molecular flexibility index (Phi) is 2.96. The fraction of sp³-hybridized carbons (Fsp3) is 0.750. The molecule has 0 aromatic carbocycles. The van der Waals surface area contributed by atoms with Crippen molar-refractivity contribution in [3.05, 3.63) is 11.9 Å². The van der Waals surface area contributed by atoms with Crippen molar-refractivity contribution in [1.29, 1.82) is 0 Å². The van der Waals surface area contributed by atoms with E-state index in [1.807, 2.05) is 13.0 Å². The molecule has 2 saturated carbocycles. The molecule has 2 aliphatic rings. The number of nitrogens with one attached hydrogen (secondary N) is 1. The number of hydrogen-bond donors (Lipinski definition) is 1. The molecule has 0 spiro atoms. The topological polar surface area (TPSA) is 47.0 Å². The Morgan fingerprint density at radius 2 is 2.05 bits per heavy atom. The summed E-state index contributed by atoms with van der Waals surface area (Å²) in [7, 11) is 1.65. The smallest absolute Gasteiger partial charge is 0.218 e. The standard InChI is InChI=1S/C16H25N3O/c1-10-17-12(8-13(18-10)20-5)19-14-15(2,3)11-6-7-16(14,4)9-11/h8,11,14H,6-7,9H2,1-5H3,(H,17,18,19). The van der Waals surface area contributed by atoms with E-state index < -0.39 is 0 Å². The van der Waals surface area contributed by atoms with Crippen LogP contribution in [0.15, 0.2) is 6.07 Å². The minimum Gasteiger partial charge on any atom is -0.481 e. The number of aromatic nitrogens is 2. The molecular weight excluding hydrogens is 250 g/mol. The lowest BCUT2D eigenvalue weighted by Crippen LogP contribution is -2.46. The van der Waals surface area contributed by atoms with Crippen molar-refractivity contribution >= 4 is 5.82 Å². The first kappa shape index (κ1) is 13.7. The van der Waals surface area contributed by atoms with Crippen LogP contribution in [-0.4, -0.2) is 23.1 Å². The fourth-order valence-corrected chi connectivity index (χ4v) is 4.53. The number of rotatable bonds is 3. The van der Waals surface area contributed by atoms with E-state index in [-0.39, 0.29) is 0 Å². The molecule has 1 N–H and O–H groups in total. The zero-order valence-electron chi connectivity index (χ0n) is 13.2. The van der Waals surface area contributed by atoms with Crippen LogP contribution in [0, 0.1) is 23.7 Å². The van der Waals surface area contributed by atoms with Crippen molar-refractivity contribution in [2.75, 3.05) is 12.4 Å². The van der Waals surface area contributed by atoms with Crippen LogP contribution in [0.25, 0.3) is 0 Å². The van der Waals surface area contributed by atoms with Gasteiger partial charge in [-0.15, -0.1) is 0 Å². The number of anilines is 1. The first-order valence-electron chi connectivity index (χ1n) is 7.51. The van der Waals surface area contributed by atoms with Crippen LogP contribution in [0.2, 0.25) is 0 Å². The zero-order chi connectivity index (χ0) is 14.5. The van der Waals surface area contributed by atoms with Gasteiger partial charge in [-0.2, -0.15) is 4.98 Å². The van der Waals surface area contributed by atoms with E-state index in [0.29, 0.717) is 22.8 Å². The molecule has 4 nitrogen and oxygen atoms in total. The van der Waals surface area contributed by atoms with Crippen molar-refractivity contribution in [2.24, 2.45) is 16.7 Å². The second kappa shape index (κ2) is 4.34. The van der Waals surface area contributed by atoms with Gasteiger partial charge in [-0.3, -0.25) is 0 Å². The lowest BCUT2D eigenvalue weighted by molar-refractivity contribution is 0.155. The third kappa shape index (κ3) is 1.97. The third-order valence-corrected chi connectivity index (χ3v) is 5.59. The lowest BCUT2D eigenvalue weighted by atomic mass is 9.68. The summed E-state index contributed by atoms with van der Waals surface area (Å²) in [6.07, 6.45) is 4.02. The van der Waals surface area contributed by atoms with Crippen LogP contribution < -0.4 is 10.1 Å². The Morgan fingerprint density at radius 3 is 2.65 bits per heavy atom. The highest BCUT2D eigenvalue weighted by Crippen LogP contribution is 2.63. The molecule has 2 fully saturated rings. The van der Waals surface area contributed by atoms with Crippen LogP contribution in [0.5, 0.6) is 5.88 Å². The highest BCUT2D eigenvalue weighted by Gasteiger charge is 2.59. The largest absolute Gasteiger partial charge is 0.481 e. The molecule has 1 aromatic rings. The van der Waals surface area contributed by atoms with Crippen LogP contribution in [0.1, 0.15) is 45.9 Å². The van der Waals surface area contributed by atoms with Gasteiger partial charge in [0.15, 0.2) is 0 Å². The Labute approximate surface area is 121 Å². The molecule has 3 unspecified atom stereocenters. The highest BCUT2D eigenvalue weighted by atomic mass is 16.5. The maximum absolute atomic E-state index is 5.25. The number of hydrogen-bond acceptors (Lipinski definition) is 4. The van der Waals surface area contributed by atoms with Gasteiger partial charge >= 0.3 is 0 Å². The molecule has 0 saturated heterocycles. The number of nitrogens with zero attached hydrogens (tertiary/aromatic N) is 2. The molecule has 0 amide bonds. The molecule has 4 heteroatoms. The van der Waals surface area contributed by atoms with Gasteiger partial charge in [0.1, 0.15) is 11.6 Å². The molecule has 20 heavy (non-hydrogen) atoms. The maximum atomic E-state index is 5.25. The Morgan fingerprint density at radius 1 is 1.30 bits per heavy atom. The van der Waals surface area contributed by atoms with E-state index in [1.165, 1.54) is 19.3 Å². The van der Waals surface area contributed by atoms with Gasteiger partial charge in [0.2, 0.25) is 5.88 Å². The van der Waals surface area contributed by atoms with E-state index in [1.54, 1.807) is 7.11 Å². The molecule has 0 radical (unpaired) electrons. The van der Waals surface area contributed by atoms with Gasteiger partial charge in [0.05, 0.1) is 7.11 Å².